The lowest BCUT2D eigenvalue weighted by Crippen LogP contribution is -2.01. The van der Waals surface area contributed by atoms with Crippen molar-refractivity contribution in [2.75, 3.05) is 7.11 Å². The molecular weight excluding hydrogens is 262 g/mol. The van der Waals surface area contributed by atoms with Crippen molar-refractivity contribution >= 4 is 16.9 Å². The third-order valence-electron chi connectivity index (χ3n) is 4.01. The highest BCUT2D eigenvalue weighted by Gasteiger charge is 2.12. The monoisotopic (exact) mass is 281 g/mol. The van der Waals surface area contributed by atoms with Gasteiger partial charge in [0.1, 0.15) is 0 Å². The Morgan fingerprint density at radius 1 is 1.38 bits per heavy atom. The summed E-state index contributed by atoms with van der Waals surface area (Å²) >= 11 is 0. The Labute approximate surface area is 124 Å². The van der Waals surface area contributed by atoms with Gasteiger partial charge in [0.05, 0.1) is 12.7 Å². The van der Waals surface area contributed by atoms with Crippen LogP contribution >= 0.6 is 0 Å². The van der Waals surface area contributed by atoms with E-state index in [1.54, 1.807) is 0 Å². The number of aromatic nitrogens is 1. The van der Waals surface area contributed by atoms with E-state index in [9.17, 15) is 4.79 Å². The van der Waals surface area contributed by atoms with Gasteiger partial charge in [0.2, 0.25) is 0 Å². The van der Waals surface area contributed by atoms with Crippen molar-refractivity contribution in [3.63, 3.8) is 0 Å². The molecule has 3 heteroatoms. The van der Waals surface area contributed by atoms with Gasteiger partial charge < -0.3 is 9.30 Å². The Bertz CT molecular complexity index is 750. The normalized spacial score (nSPS) is 14.3. The molecule has 0 radical (unpaired) electrons. The molecule has 1 heterocycles. The molecule has 2 aromatic rings. The number of aryl methyl sites for hydroxylation is 1. The first kappa shape index (κ1) is 13.7. The lowest BCUT2D eigenvalue weighted by atomic mass is 9.97. The van der Waals surface area contributed by atoms with Gasteiger partial charge in [0.25, 0.3) is 0 Å². The smallest absolute Gasteiger partial charge is 0.337 e. The van der Waals surface area contributed by atoms with Gasteiger partial charge >= 0.3 is 5.97 Å². The summed E-state index contributed by atoms with van der Waals surface area (Å²) in [6, 6.07) is 5.77. The number of methoxy groups -OCH3 is 1. The van der Waals surface area contributed by atoms with Gasteiger partial charge in [-0.1, -0.05) is 29.9 Å². The van der Waals surface area contributed by atoms with Crippen LogP contribution in [0.5, 0.6) is 0 Å². The Morgan fingerprint density at radius 2 is 2.24 bits per heavy atom. The minimum absolute atomic E-state index is 0.292. The maximum atomic E-state index is 11.6. The van der Waals surface area contributed by atoms with E-state index in [1.807, 2.05) is 25.2 Å². The van der Waals surface area contributed by atoms with E-state index >= 15 is 0 Å². The third kappa shape index (κ3) is 2.64. The zero-order valence-corrected chi connectivity index (χ0v) is 12.4. The molecule has 0 fully saturated rings. The third-order valence-corrected chi connectivity index (χ3v) is 4.01. The Balaban J connectivity index is 1.99. The Kier molecular flexibility index (Phi) is 3.65. The van der Waals surface area contributed by atoms with Gasteiger partial charge in [-0.2, -0.15) is 0 Å². The van der Waals surface area contributed by atoms with Gasteiger partial charge in [-0.05, 0) is 37.0 Å². The summed E-state index contributed by atoms with van der Waals surface area (Å²) in [5.41, 5.74) is 4.44. The summed E-state index contributed by atoms with van der Waals surface area (Å²) in [7, 11) is 3.42. The minimum Gasteiger partial charge on any atom is -0.465 e. The van der Waals surface area contributed by atoms with Crippen molar-refractivity contribution in [2.24, 2.45) is 7.05 Å². The predicted molar refractivity (Wildman–Crippen MR) is 84.4 cm³/mol. The number of benzene rings is 1. The number of carbonyl (C=O) groups excluding carboxylic acids is 1. The molecule has 1 aromatic carbocycles. The number of ether oxygens (including phenoxy) is 1. The Morgan fingerprint density at radius 3 is 2.95 bits per heavy atom. The molecule has 1 aliphatic carbocycles. The average molecular weight is 281 g/mol. The molecule has 1 aromatic heterocycles. The van der Waals surface area contributed by atoms with E-state index in [1.165, 1.54) is 23.6 Å². The first-order valence-corrected chi connectivity index (χ1v) is 7.20. The summed E-state index contributed by atoms with van der Waals surface area (Å²) in [6.07, 6.45) is 11.9. The lowest BCUT2D eigenvalue weighted by molar-refractivity contribution is 0.0601. The van der Waals surface area contributed by atoms with Crippen LogP contribution in [-0.2, 0) is 18.2 Å². The molecule has 0 bridgehead atoms. The molecule has 108 valence electrons. The maximum Gasteiger partial charge on any atom is 0.337 e. The number of carbonyl (C=O) groups is 1. The number of fused-ring (bicyclic) bond motifs is 1. The fraction of sp³-hybridized carbons (Fsp3) is 0.278. The number of nitrogens with zero attached hydrogens (tertiary/aromatic N) is 1. The molecule has 3 rings (SSSR count). The topological polar surface area (TPSA) is 31.2 Å². The summed E-state index contributed by atoms with van der Waals surface area (Å²) < 4.78 is 6.87. The molecule has 0 aliphatic heterocycles. The second-order valence-electron chi connectivity index (χ2n) is 5.46. The van der Waals surface area contributed by atoms with Crippen LogP contribution in [-0.4, -0.2) is 17.6 Å². The van der Waals surface area contributed by atoms with Crippen LogP contribution in [0.4, 0.5) is 0 Å². The number of hydrogen-bond acceptors (Lipinski definition) is 2. The molecule has 1 aliphatic rings. The molecular formula is C18H19NO2. The highest BCUT2D eigenvalue weighted by Crippen LogP contribution is 2.26. The van der Waals surface area contributed by atoms with Crippen molar-refractivity contribution in [3.05, 3.63) is 59.3 Å². The van der Waals surface area contributed by atoms with Gasteiger partial charge in [-0.25, -0.2) is 4.79 Å². The average Bonchev–Trinajstić information content (AvgIpc) is 2.83. The fourth-order valence-corrected chi connectivity index (χ4v) is 2.90. The standard InChI is InChI=1S/C18H19NO2/c1-19-12-15(10-13-6-4-3-5-7-13)16-9-8-14(11-17(16)19)18(20)21-2/h3-4,6,8-9,11-12H,5,7,10H2,1-2H3. The maximum absolute atomic E-state index is 11.6. The number of allylic oxidation sites excluding steroid dienone is 4. The van der Waals surface area contributed by atoms with Crippen LogP contribution in [0, 0.1) is 0 Å². The summed E-state index contributed by atoms with van der Waals surface area (Å²) in [5.74, 6) is -0.292. The molecule has 0 unspecified atom stereocenters. The number of rotatable bonds is 3. The van der Waals surface area contributed by atoms with Crippen molar-refractivity contribution in [1.82, 2.24) is 4.57 Å². The predicted octanol–water partition coefficient (Wildman–Crippen LogP) is 3.78. The quantitative estimate of drug-likeness (QED) is 0.802. The summed E-state index contributed by atoms with van der Waals surface area (Å²) in [6.45, 7) is 0. The van der Waals surface area contributed by atoms with E-state index in [-0.39, 0.29) is 5.97 Å². The molecule has 0 saturated carbocycles. The first-order valence-electron chi connectivity index (χ1n) is 7.20. The SMILES string of the molecule is COC(=O)c1ccc2c(CC3=CC=CCC3)cn(C)c2c1. The summed E-state index contributed by atoms with van der Waals surface area (Å²) in [4.78, 5) is 11.6. The number of esters is 1. The molecule has 0 saturated heterocycles. The molecule has 3 nitrogen and oxygen atoms in total. The molecule has 0 N–H and O–H groups in total. The highest BCUT2D eigenvalue weighted by atomic mass is 16.5. The molecule has 21 heavy (non-hydrogen) atoms. The van der Waals surface area contributed by atoms with Crippen LogP contribution in [0.2, 0.25) is 0 Å². The Hall–Kier alpha value is -2.29. The van der Waals surface area contributed by atoms with Gasteiger partial charge in [0.15, 0.2) is 0 Å². The van der Waals surface area contributed by atoms with E-state index in [2.05, 4.69) is 29.0 Å². The first-order chi connectivity index (χ1) is 10.2. The van der Waals surface area contributed by atoms with E-state index < -0.39 is 0 Å². The van der Waals surface area contributed by atoms with Crippen LogP contribution in [0.3, 0.4) is 0 Å². The second kappa shape index (κ2) is 5.60. The van der Waals surface area contributed by atoms with E-state index in [0.29, 0.717) is 5.56 Å². The lowest BCUT2D eigenvalue weighted by Gasteiger charge is -2.08. The zero-order chi connectivity index (χ0) is 14.8. The van der Waals surface area contributed by atoms with Crippen LogP contribution in [0.25, 0.3) is 10.9 Å². The highest BCUT2D eigenvalue weighted by molar-refractivity contribution is 5.95. The molecule has 0 spiro atoms. The fourth-order valence-electron chi connectivity index (χ4n) is 2.90. The van der Waals surface area contributed by atoms with Crippen molar-refractivity contribution in [2.45, 2.75) is 19.3 Å². The van der Waals surface area contributed by atoms with Crippen LogP contribution in [0.1, 0.15) is 28.8 Å². The molecule has 0 atom stereocenters. The van der Waals surface area contributed by atoms with Gasteiger partial charge in [0, 0.05) is 24.1 Å². The van der Waals surface area contributed by atoms with Gasteiger partial charge in [-0.15, -0.1) is 0 Å². The minimum atomic E-state index is -0.292. The van der Waals surface area contributed by atoms with Gasteiger partial charge in [-0.3, -0.25) is 0 Å². The van der Waals surface area contributed by atoms with E-state index in [0.717, 1.165) is 24.8 Å². The zero-order valence-electron chi connectivity index (χ0n) is 12.4. The van der Waals surface area contributed by atoms with Crippen molar-refractivity contribution in [1.29, 1.82) is 0 Å². The summed E-state index contributed by atoms with van der Waals surface area (Å²) in [5, 5.41) is 1.21. The van der Waals surface area contributed by atoms with Crippen LogP contribution in [0.15, 0.2) is 48.2 Å². The van der Waals surface area contributed by atoms with E-state index in [4.69, 9.17) is 4.74 Å². The van der Waals surface area contributed by atoms with Crippen LogP contribution < -0.4 is 0 Å². The second-order valence-corrected chi connectivity index (χ2v) is 5.46. The van der Waals surface area contributed by atoms with Crippen molar-refractivity contribution in [3.8, 4) is 0 Å². The largest absolute Gasteiger partial charge is 0.465 e. The molecule has 0 amide bonds. The van der Waals surface area contributed by atoms with Crippen molar-refractivity contribution < 1.29 is 9.53 Å². The number of hydrogen-bond donors (Lipinski definition) is 0.